The maximum absolute atomic E-state index is 10.6. The third-order valence-corrected chi connectivity index (χ3v) is 2.21. The van der Waals surface area contributed by atoms with Gasteiger partial charge in [-0.25, -0.2) is 0 Å². The van der Waals surface area contributed by atoms with E-state index in [-0.39, 0.29) is 0 Å². The van der Waals surface area contributed by atoms with Crippen LogP contribution in [-0.2, 0) is 4.79 Å². The Morgan fingerprint density at radius 2 is 1.60 bits per heavy atom. The first kappa shape index (κ1) is 9.92. The molecule has 0 aliphatic carbocycles. The van der Waals surface area contributed by atoms with Gasteiger partial charge in [0.15, 0.2) is 0 Å². The molecule has 0 radical (unpaired) electrons. The topological polar surface area (TPSA) is 37.3 Å². The van der Waals surface area contributed by atoms with Gasteiger partial charge in [-0.15, -0.1) is 0 Å². The van der Waals surface area contributed by atoms with Gasteiger partial charge in [0.25, 0.3) is 5.24 Å². The Morgan fingerprint density at radius 3 is 1.60 bits per heavy atom. The van der Waals surface area contributed by atoms with E-state index in [1.165, 1.54) is 6.92 Å². The molecule has 0 fully saturated rings. The summed E-state index contributed by atoms with van der Waals surface area (Å²) < 4.78 is 0. The smallest absolute Gasteiger partial charge is 0.253 e. The fourth-order valence-electron chi connectivity index (χ4n) is 0.295. The molecule has 1 atom stereocenters. The minimum atomic E-state index is -1.44. The van der Waals surface area contributed by atoms with Crippen LogP contribution in [-0.4, -0.2) is 16.0 Å². The van der Waals surface area contributed by atoms with Crippen molar-refractivity contribution in [2.75, 3.05) is 0 Å². The number of carbonyl (C=O) groups excluding carboxylic acids is 1. The average Bonchev–Trinajstić information content (AvgIpc) is 1.62. The number of hydrogen-bond donors (Lipinski definition) is 1. The van der Waals surface area contributed by atoms with Crippen LogP contribution >= 0.6 is 11.6 Å². The Morgan fingerprint density at radius 1 is 1.30 bits per heavy atom. The van der Waals surface area contributed by atoms with E-state index in [4.69, 9.17) is 11.6 Å². The molecule has 0 aliphatic rings. The quantitative estimate of drug-likeness (QED) is 0.598. The number of hydrogen-bond acceptors (Lipinski definition) is 2. The molecular formula is C7H13ClO2. The van der Waals surface area contributed by atoms with E-state index >= 15 is 0 Å². The molecular weight excluding hydrogens is 152 g/mol. The van der Waals surface area contributed by atoms with Crippen molar-refractivity contribution >= 4 is 16.8 Å². The molecule has 0 aromatic carbocycles. The summed E-state index contributed by atoms with van der Waals surface area (Å²) in [4.78, 5) is 10.6. The Bertz CT molecular complexity index is 144. The third-order valence-electron chi connectivity index (χ3n) is 1.84. The molecule has 0 bridgehead atoms. The summed E-state index contributed by atoms with van der Waals surface area (Å²) in [7, 11) is 0. The predicted molar refractivity (Wildman–Crippen MR) is 40.9 cm³/mol. The summed E-state index contributed by atoms with van der Waals surface area (Å²) >= 11 is 5.17. The summed E-state index contributed by atoms with van der Waals surface area (Å²) in [5.41, 5.74) is -1.94. The van der Waals surface area contributed by atoms with Crippen molar-refractivity contribution in [3.8, 4) is 0 Å². The molecule has 60 valence electrons. The molecule has 0 rings (SSSR count). The summed E-state index contributed by atoms with van der Waals surface area (Å²) in [6.07, 6.45) is 0. The highest BCUT2D eigenvalue weighted by atomic mass is 35.5. The average molecular weight is 165 g/mol. The molecule has 0 aromatic heterocycles. The zero-order valence-corrected chi connectivity index (χ0v) is 7.49. The molecule has 10 heavy (non-hydrogen) atoms. The zero-order chi connectivity index (χ0) is 8.58. The van der Waals surface area contributed by atoms with Crippen LogP contribution in [0.3, 0.4) is 0 Å². The normalized spacial score (nSPS) is 18.2. The first-order valence-electron chi connectivity index (χ1n) is 3.12. The van der Waals surface area contributed by atoms with E-state index in [1.807, 2.05) is 0 Å². The van der Waals surface area contributed by atoms with Gasteiger partial charge in [0.05, 0.1) is 0 Å². The van der Waals surface area contributed by atoms with E-state index in [2.05, 4.69) is 0 Å². The maximum atomic E-state index is 10.6. The second-order valence-electron chi connectivity index (χ2n) is 3.60. The van der Waals surface area contributed by atoms with Gasteiger partial charge in [-0.05, 0) is 23.9 Å². The number of halogens is 1. The largest absolute Gasteiger partial charge is 0.380 e. The van der Waals surface area contributed by atoms with Gasteiger partial charge in [0, 0.05) is 0 Å². The summed E-state index contributed by atoms with van der Waals surface area (Å²) in [5, 5.41) is 8.74. The Labute approximate surface area is 66.2 Å². The second-order valence-corrected chi connectivity index (χ2v) is 3.94. The lowest BCUT2D eigenvalue weighted by Gasteiger charge is -2.33. The lowest BCUT2D eigenvalue weighted by molar-refractivity contribution is -0.137. The van der Waals surface area contributed by atoms with Crippen molar-refractivity contribution in [3.05, 3.63) is 0 Å². The van der Waals surface area contributed by atoms with Crippen molar-refractivity contribution in [2.45, 2.75) is 33.3 Å². The number of aliphatic hydroxyl groups is 1. The molecule has 3 heteroatoms. The molecule has 1 N–H and O–H groups in total. The Balaban J connectivity index is 4.57. The minimum Gasteiger partial charge on any atom is -0.380 e. The zero-order valence-electron chi connectivity index (χ0n) is 6.73. The SMILES string of the molecule is CC(C)(C)C(C)(O)C(=O)Cl. The van der Waals surface area contributed by atoms with Gasteiger partial charge in [0.2, 0.25) is 0 Å². The van der Waals surface area contributed by atoms with Crippen LogP contribution in [0.5, 0.6) is 0 Å². The van der Waals surface area contributed by atoms with E-state index in [9.17, 15) is 9.90 Å². The highest BCUT2D eigenvalue weighted by Crippen LogP contribution is 2.31. The molecule has 0 aliphatic heterocycles. The van der Waals surface area contributed by atoms with Crippen LogP contribution < -0.4 is 0 Å². The monoisotopic (exact) mass is 164 g/mol. The second kappa shape index (κ2) is 2.51. The standard InChI is InChI=1S/C7H13ClO2/c1-6(2,3)7(4,10)5(8)9/h10H,1-4H3. The van der Waals surface area contributed by atoms with Crippen LogP contribution in [0.25, 0.3) is 0 Å². The summed E-state index contributed by atoms with van der Waals surface area (Å²) in [6.45, 7) is 6.69. The maximum Gasteiger partial charge on any atom is 0.253 e. The molecule has 0 amide bonds. The summed E-state index contributed by atoms with van der Waals surface area (Å²) in [6, 6.07) is 0. The fourth-order valence-corrected chi connectivity index (χ4v) is 0.578. The van der Waals surface area contributed by atoms with E-state index in [1.54, 1.807) is 20.8 Å². The molecule has 0 spiro atoms. The number of rotatable bonds is 1. The first-order valence-corrected chi connectivity index (χ1v) is 3.49. The van der Waals surface area contributed by atoms with Gasteiger partial charge < -0.3 is 5.11 Å². The lowest BCUT2D eigenvalue weighted by Crippen LogP contribution is -2.44. The van der Waals surface area contributed by atoms with E-state index in [0.717, 1.165) is 0 Å². The molecule has 0 saturated carbocycles. The highest BCUT2D eigenvalue weighted by Gasteiger charge is 2.41. The van der Waals surface area contributed by atoms with Gasteiger partial charge in [-0.2, -0.15) is 0 Å². The minimum absolute atomic E-state index is 0.508. The summed E-state index contributed by atoms with van der Waals surface area (Å²) in [5.74, 6) is 0. The molecule has 1 unspecified atom stereocenters. The predicted octanol–water partition coefficient (Wildman–Crippen LogP) is 1.55. The van der Waals surface area contributed by atoms with Crippen LogP contribution in [0.15, 0.2) is 0 Å². The third kappa shape index (κ3) is 1.70. The van der Waals surface area contributed by atoms with Crippen LogP contribution in [0.1, 0.15) is 27.7 Å². The van der Waals surface area contributed by atoms with Gasteiger partial charge >= 0.3 is 0 Å². The Hall–Kier alpha value is -0.0800. The van der Waals surface area contributed by atoms with E-state index in [0.29, 0.717) is 0 Å². The highest BCUT2D eigenvalue weighted by molar-refractivity contribution is 6.65. The lowest BCUT2D eigenvalue weighted by atomic mass is 9.79. The van der Waals surface area contributed by atoms with Gasteiger partial charge in [-0.1, -0.05) is 20.8 Å². The van der Waals surface area contributed by atoms with E-state index < -0.39 is 16.3 Å². The molecule has 0 saturated heterocycles. The fraction of sp³-hybridized carbons (Fsp3) is 0.857. The number of carbonyl (C=O) groups is 1. The molecule has 2 nitrogen and oxygen atoms in total. The first-order chi connectivity index (χ1) is 4.19. The van der Waals surface area contributed by atoms with Crippen molar-refractivity contribution in [2.24, 2.45) is 5.41 Å². The van der Waals surface area contributed by atoms with Crippen molar-refractivity contribution < 1.29 is 9.90 Å². The van der Waals surface area contributed by atoms with Gasteiger partial charge in [0.1, 0.15) is 5.60 Å². The van der Waals surface area contributed by atoms with Crippen LogP contribution in [0, 0.1) is 5.41 Å². The van der Waals surface area contributed by atoms with Crippen LogP contribution in [0.4, 0.5) is 0 Å². The van der Waals surface area contributed by atoms with Crippen molar-refractivity contribution in [1.29, 1.82) is 0 Å². The molecule has 0 aromatic rings. The van der Waals surface area contributed by atoms with Crippen molar-refractivity contribution in [1.82, 2.24) is 0 Å². The van der Waals surface area contributed by atoms with Gasteiger partial charge in [-0.3, -0.25) is 4.79 Å². The molecule has 0 heterocycles. The van der Waals surface area contributed by atoms with Crippen LogP contribution in [0.2, 0.25) is 0 Å². The van der Waals surface area contributed by atoms with Crippen molar-refractivity contribution in [3.63, 3.8) is 0 Å². The Kier molecular flexibility index (Phi) is 2.49.